The Morgan fingerprint density at radius 3 is 1.64 bits per heavy atom. The molecular formula is C6H8Br2GeN2. The number of nitrogens with zero attached hydrogens (tertiary/aromatic N) is 2. The Morgan fingerprint density at radius 2 is 1.36 bits per heavy atom. The van der Waals surface area contributed by atoms with Crippen LogP contribution in [0.15, 0.2) is 0 Å². The standard InChI is InChI=1S/C6H8Br2GeN2/c7-9(8,3-1-5-10)4-2-6-11/h1-4H2. The van der Waals surface area contributed by atoms with E-state index in [1.165, 1.54) is 0 Å². The molecule has 5 heteroatoms. The third-order valence-corrected chi connectivity index (χ3v) is 13.6. The SMILES string of the molecule is N#CC[CH2][Ge]([Br])([Br])[CH2]CC#N. The fraction of sp³-hybridized carbons (Fsp3) is 0.667. The minimum absolute atomic E-state index is 0.585. The molecule has 0 aliphatic rings. The Morgan fingerprint density at radius 1 is 1.00 bits per heavy atom. The second-order valence-electron chi connectivity index (χ2n) is 2.17. The zero-order valence-corrected chi connectivity index (χ0v) is 11.2. The Kier molecular flexibility index (Phi) is 6.32. The van der Waals surface area contributed by atoms with E-state index >= 15 is 0 Å². The number of nitriles is 2. The molecule has 0 N–H and O–H groups in total. The second-order valence-corrected chi connectivity index (χ2v) is 29.2. The molecule has 0 aromatic carbocycles. The third-order valence-electron chi connectivity index (χ3n) is 1.21. The molecule has 0 fully saturated rings. The Bertz CT molecular complexity index is 172. The van der Waals surface area contributed by atoms with Crippen molar-refractivity contribution in [3.63, 3.8) is 0 Å². The molecule has 0 unspecified atom stereocenters. The van der Waals surface area contributed by atoms with Crippen LogP contribution in [0.5, 0.6) is 0 Å². The van der Waals surface area contributed by atoms with Gasteiger partial charge in [-0.05, 0) is 0 Å². The van der Waals surface area contributed by atoms with Crippen LogP contribution in [-0.2, 0) is 0 Å². The quantitative estimate of drug-likeness (QED) is 0.739. The van der Waals surface area contributed by atoms with E-state index in [-0.39, 0.29) is 0 Å². The molecule has 0 aromatic rings. The van der Waals surface area contributed by atoms with E-state index in [4.69, 9.17) is 10.5 Å². The maximum atomic E-state index is 8.33. The molecule has 0 aliphatic carbocycles. The summed E-state index contributed by atoms with van der Waals surface area (Å²) >= 11 is 7.17. The van der Waals surface area contributed by atoms with Gasteiger partial charge in [-0.1, -0.05) is 0 Å². The predicted octanol–water partition coefficient (Wildman–Crippen LogP) is 3.05. The van der Waals surface area contributed by atoms with Crippen molar-refractivity contribution in [1.29, 1.82) is 10.5 Å². The van der Waals surface area contributed by atoms with Crippen molar-refractivity contribution < 1.29 is 0 Å². The van der Waals surface area contributed by atoms with E-state index in [1.807, 2.05) is 0 Å². The summed E-state index contributed by atoms with van der Waals surface area (Å²) in [7, 11) is -2.04. The predicted molar refractivity (Wildman–Crippen MR) is 53.7 cm³/mol. The van der Waals surface area contributed by atoms with Crippen molar-refractivity contribution in [3.05, 3.63) is 0 Å². The maximum absolute atomic E-state index is 8.33. The Balaban J connectivity index is 3.64. The molecule has 60 valence electrons. The normalized spacial score (nSPS) is 10.2. The summed E-state index contributed by atoms with van der Waals surface area (Å²) < 4.78 is 0. The molecule has 0 heterocycles. The topological polar surface area (TPSA) is 47.6 Å². The molecule has 0 atom stereocenters. The van der Waals surface area contributed by atoms with Crippen LogP contribution in [0.4, 0.5) is 0 Å². The molecular weight excluding hydrogens is 332 g/mol. The monoisotopic (exact) mass is 340 g/mol. The second kappa shape index (κ2) is 6.05. The van der Waals surface area contributed by atoms with Crippen LogP contribution in [0.3, 0.4) is 0 Å². The van der Waals surface area contributed by atoms with E-state index in [0.29, 0.717) is 12.8 Å². The fourth-order valence-corrected chi connectivity index (χ4v) is 7.25. The van der Waals surface area contributed by atoms with Crippen LogP contribution in [0.1, 0.15) is 12.8 Å². The van der Waals surface area contributed by atoms with Crippen molar-refractivity contribution >= 4 is 37.6 Å². The molecule has 0 aliphatic heterocycles. The summed E-state index contributed by atoms with van der Waals surface area (Å²) in [4.78, 5) is 0. The van der Waals surface area contributed by atoms with E-state index in [0.717, 1.165) is 10.5 Å². The van der Waals surface area contributed by atoms with Crippen LogP contribution < -0.4 is 0 Å². The fourth-order valence-electron chi connectivity index (χ4n) is 0.603. The van der Waals surface area contributed by atoms with Gasteiger partial charge in [-0.3, -0.25) is 0 Å². The molecule has 0 saturated carbocycles. The van der Waals surface area contributed by atoms with Gasteiger partial charge in [-0.2, -0.15) is 0 Å². The van der Waals surface area contributed by atoms with Crippen molar-refractivity contribution in [3.8, 4) is 12.1 Å². The number of rotatable bonds is 4. The average Bonchev–Trinajstić information content (AvgIpc) is 1.97. The van der Waals surface area contributed by atoms with Crippen molar-refractivity contribution in [2.75, 3.05) is 0 Å². The van der Waals surface area contributed by atoms with E-state index in [2.05, 4.69) is 40.1 Å². The van der Waals surface area contributed by atoms with E-state index < -0.39 is 9.58 Å². The van der Waals surface area contributed by atoms with E-state index in [1.54, 1.807) is 0 Å². The van der Waals surface area contributed by atoms with Gasteiger partial charge in [-0.25, -0.2) is 0 Å². The van der Waals surface area contributed by atoms with Gasteiger partial charge in [0.05, 0.1) is 0 Å². The molecule has 0 spiro atoms. The molecule has 0 aromatic heterocycles. The number of halogens is 2. The number of hydrogen-bond donors (Lipinski definition) is 0. The molecule has 0 rings (SSSR count). The summed E-state index contributed by atoms with van der Waals surface area (Å²) in [5.41, 5.74) is 0. The Labute approximate surface area is 83.2 Å². The summed E-state index contributed by atoms with van der Waals surface area (Å²) in [6.45, 7) is 0. The summed E-state index contributed by atoms with van der Waals surface area (Å²) in [6, 6.07) is 4.21. The molecule has 0 saturated heterocycles. The number of hydrogen-bond acceptors (Lipinski definition) is 2. The van der Waals surface area contributed by atoms with Gasteiger partial charge >= 0.3 is 83.6 Å². The van der Waals surface area contributed by atoms with Gasteiger partial charge in [0, 0.05) is 0 Å². The van der Waals surface area contributed by atoms with Gasteiger partial charge in [0.1, 0.15) is 0 Å². The first-order valence-corrected chi connectivity index (χ1v) is 16.0. The van der Waals surface area contributed by atoms with Gasteiger partial charge < -0.3 is 0 Å². The van der Waals surface area contributed by atoms with Crippen LogP contribution in [0.25, 0.3) is 0 Å². The van der Waals surface area contributed by atoms with Crippen molar-refractivity contribution in [1.82, 2.24) is 0 Å². The minimum atomic E-state index is -2.04. The first kappa shape index (κ1) is 11.5. The molecule has 0 radical (unpaired) electrons. The Hall–Kier alpha value is 0.483. The summed E-state index contributed by atoms with van der Waals surface area (Å²) in [5.74, 6) is 0. The van der Waals surface area contributed by atoms with Crippen molar-refractivity contribution in [2.24, 2.45) is 0 Å². The molecule has 2 nitrogen and oxygen atoms in total. The van der Waals surface area contributed by atoms with Crippen LogP contribution in [0, 0.1) is 22.7 Å². The van der Waals surface area contributed by atoms with Crippen LogP contribution >= 0.6 is 28.0 Å². The zero-order valence-electron chi connectivity index (χ0n) is 5.98. The first-order chi connectivity index (χ1) is 5.12. The first-order valence-electron chi connectivity index (χ1n) is 3.24. The third kappa shape index (κ3) is 6.86. The van der Waals surface area contributed by atoms with Gasteiger partial charge in [0.15, 0.2) is 0 Å². The molecule has 0 amide bonds. The zero-order chi connectivity index (χ0) is 8.74. The summed E-state index contributed by atoms with van der Waals surface area (Å²) in [5, 5.41) is 18.5. The van der Waals surface area contributed by atoms with Crippen LogP contribution in [-0.4, -0.2) is 9.58 Å². The summed E-state index contributed by atoms with van der Waals surface area (Å²) in [6.07, 6.45) is 1.17. The molecule has 0 bridgehead atoms. The van der Waals surface area contributed by atoms with Gasteiger partial charge in [0.25, 0.3) is 0 Å². The van der Waals surface area contributed by atoms with Crippen molar-refractivity contribution in [2.45, 2.75) is 23.3 Å². The van der Waals surface area contributed by atoms with E-state index in [9.17, 15) is 0 Å². The van der Waals surface area contributed by atoms with Gasteiger partial charge in [-0.15, -0.1) is 0 Å². The molecule has 11 heavy (non-hydrogen) atoms. The van der Waals surface area contributed by atoms with Crippen LogP contribution in [0.2, 0.25) is 10.5 Å². The van der Waals surface area contributed by atoms with Gasteiger partial charge in [0.2, 0.25) is 0 Å². The average molecular weight is 341 g/mol.